The van der Waals surface area contributed by atoms with E-state index >= 15 is 0 Å². The van der Waals surface area contributed by atoms with Crippen molar-refractivity contribution in [2.45, 2.75) is 44.6 Å². The Balaban J connectivity index is 1.25. The molecule has 178 valence electrons. The zero-order valence-corrected chi connectivity index (χ0v) is 19.8. The summed E-state index contributed by atoms with van der Waals surface area (Å²) in [5, 5.41) is 0. The van der Waals surface area contributed by atoms with Crippen molar-refractivity contribution in [3.05, 3.63) is 60.3 Å². The lowest BCUT2D eigenvalue weighted by molar-refractivity contribution is 0.196. The van der Waals surface area contributed by atoms with Crippen LogP contribution in [0, 0.1) is 0 Å². The summed E-state index contributed by atoms with van der Waals surface area (Å²) in [6.07, 6.45) is 11.4. The molecule has 2 aliphatic rings. The van der Waals surface area contributed by atoms with Crippen LogP contribution in [0.2, 0.25) is 0 Å². The quantitative estimate of drug-likeness (QED) is 0.512. The maximum Gasteiger partial charge on any atom is 0.238 e. The van der Waals surface area contributed by atoms with Crippen molar-refractivity contribution in [3.63, 3.8) is 0 Å². The molecule has 2 aliphatic heterocycles. The van der Waals surface area contributed by atoms with Gasteiger partial charge in [0.25, 0.3) is 0 Å². The van der Waals surface area contributed by atoms with Crippen LogP contribution in [-0.2, 0) is 6.54 Å². The molecule has 0 radical (unpaired) electrons. The van der Waals surface area contributed by atoms with Crippen LogP contribution < -0.4 is 14.4 Å². The molecular weight excluding hydrogens is 428 g/mol. The molecule has 1 atom stereocenters. The van der Waals surface area contributed by atoms with Crippen molar-refractivity contribution in [1.82, 2.24) is 24.8 Å². The fourth-order valence-electron chi connectivity index (χ4n) is 4.81. The Morgan fingerprint density at radius 1 is 0.941 bits per heavy atom. The molecule has 0 amide bonds. The van der Waals surface area contributed by atoms with Crippen LogP contribution in [0.25, 0.3) is 0 Å². The second-order valence-electron chi connectivity index (χ2n) is 9.01. The molecule has 2 saturated heterocycles. The van der Waals surface area contributed by atoms with Gasteiger partial charge in [-0.2, -0.15) is 0 Å². The summed E-state index contributed by atoms with van der Waals surface area (Å²) in [4.78, 5) is 23.4. The Labute approximate surface area is 201 Å². The van der Waals surface area contributed by atoms with Gasteiger partial charge < -0.3 is 14.4 Å². The van der Waals surface area contributed by atoms with Crippen LogP contribution >= 0.6 is 0 Å². The molecule has 0 aliphatic carbocycles. The van der Waals surface area contributed by atoms with Gasteiger partial charge >= 0.3 is 0 Å². The van der Waals surface area contributed by atoms with Crippen molar-refractivity contribution in [2.75, 3.05) is 38.2 Å². The van der Waals surface area contributed by atoms with Crippen molar-refractivity contribution in [3.8, 4) is 17.4 Å². The van der Waals surface area contributed by atoms with E-state index in [-0.39, 0.29) is 0 Å². The van der Waals surface area contributed by atoms with Crippen LogP contribution in [0.15, 0.2) is 48.9 Å². The van der Waals surface area contributed by atoms with Crippen LogP contribution in [0.5, 0.6) is 17.4 Å². The van der Waals surface area contributed by atoms with Crippen molar-refractivity contribution in [1.29, 1.82) is 0 Å². The van der Waals surface area contributed by atoms with E-state index in [2.05, 4.69) is 19.8 Å². The number of ether oxygens (including phenoxy) is 2. The summed E-state index contributed by atoms with van der Waals surface area (Å²) in [5.41, 5.74) is 2.05. The molecule has 1 aromatic carbocycles. The molecule has 8 nitrogen and oxygen atoms in total. The third-order valence-electron chi connectivity index (χ3n) is 6.56. The number of hydrogen-bond donors (Lipinski definition) is 0. The molecule has 0 N–H and O–H groups in total. The second kappa shape index (κ2) is 10.8. The SMILES string of the molecule is COc1ccccc1Oc1cncc([C@@H]2CCCN(Cc3ccnc(N4CCCCC4)n3)C2)n1. The summed E-state index contributed by atoms with van der Waals surface area (Å²) in [5.74, 6) is 2.98. The lowest BCUT2D eigenvalue weighted by atomic mass is 9.95. The molecule has 3 aromatic rings. The lowest BCUT2D eigenvalue weighted by Crippen LogP contribution is -2.35. The predicted molar refractivity (Wildman–Crippen MR) is 130 cm³/mol. The van der Waals surface area contributed by atoms with Gasteiger partial charge in [-0.05, 0) is 56.8 Å². The Morgan fingerprint density at radius 2 is 1.79 bits per heavy atom. The Kier molecular flexibility index (Phi) is 7.14. The summed E-state index contributed by atoms with van der Waals surface area (Å²) in [6.45, 7) is 4.92. The fourth-order valence-corrected chi connectivity index (χ4v) is 4.81. The number of piperidine rings is 2. The largest absolute Gasteiger partial charge is 0.493 e. The van der Waals surface area contributed by atoms with E-state index in [0.29, 0.717) is 23.3 Å². The van der Waals surface area contributed by atoms with Crippen molar-refractivity contribution < 1.29 is 9.47 Å². The zero-order valence-electron chi connectivity index (χ0n) is 19.8. The summed E-state index contributed by atoms with van der Waals surface area (Å²) < 4.78 is 11.4. The number of benzene rings is 1. The molecule has 34 heavy (non-hydrogen) atoms. The highest BCUT2D eigenvalue weighted by Crippen LogP contribution is 2.32. The van der Waals surface area contributed by atoms with Crippen LogP contribution in [0.4, 0.5) is 5.95 Å². The summed E-state index contributed by atoms with van der Waals surface area (Å²) in [7, 11) is 1.63. The monoisotopic (exact) mass is 460 g/mol. The summed E-state index contributed by atoms with van der Waals surface area (Å²) >= 11 is 0. The van der Waals surface area contributed by atoms with Gasteiger partial charge in [0.15, 0.2) is 11.5 Å². The maximum absolute atomic E-state index is 5.99. The first-order valence-electron chi connectivity index (χ1n) is 12.2. The molecule has 2 aromatic heterocycles. The first-order chi connectivity index (χ1) is 16.8. The van der Waals surface area contributed by atoms with E-state index in [9.17, 15) is 0 Å². The fraction of sp³-hybridized carbons (Fsp3) is 0.462. The van der Waals surface area contributed by atoms with Gasteiger partial charge in [-0.25, -0.2) is 15.0 Å². The van der Waals surface area contributed by atoms with E-state index in [1.807, 2.05) is 42.7 Å². The first-order valence-corrected chi connectivity index (χ1v) is 12.2. The minimum absolute atomic E-state index is 0.311. The number of hydrogen-bond acceptors (Lipinski definition) is 8. The van der Waals surface area contributed by atoms with Crippen molar-refractivity contribution >= 4 is 5.95 Å². The van der Waals surface area contributed by atoms with E-state index < -0.39 is 0 Å². The lowest BCUT2D eigenvalue weighted by Gasteiger charge is -2.32. The molecule has 0 saturated carbocycles. The van der Waals surface area contributed by atoms with Crippen molar-refractivity contribution in [2.24, 2.45) is 0 Å². The van der Waals surface area contributed by atoms with Gasteiger partial charge in [-0.3, -0.25) is 9.88 Å². The van der Waals surface area contributed by atoms with E-state index in [4.69, 9.17) is 19.4 Å². The normalized spacial score (nSPS) is 19.1. The highest BCUT2D eigenvalue weighted by Gasteiger charge is 2.24. The number of anilines is 1. The minimum Gasteiger partial charge on any atom is -0.493 e. The highest BCUT2D eigenvalue weighted by molar-refractivity contribution is 5.41. The molecular formula is C26H32N6O2. The van der Waals surface area contributed by atoms with Crippen LogP contribution in [0.1, 0.15) is 49.4 Å². The Bertz CT molecular complexity index is 1090. The van der Waals surface area contributed by atoms with Gasteiger partial charge in [0.05, 0.1) is 24.7 Å². The van der Waals surface area contributed by atoms with Gasteiger partial charge in [-0.15, -0.1) is 0 Å². The van der Waals surface area contributed by atoms with Gasteiger partial charge in [0.2, 0.25) is 11.8 Å². The molecule has 0 bridgehead atoms. The highest BCUT2D eigenvalue weighted by atomic mass is 16.5. The average molecular weight is 461 g/mol. The van der Waals surface area contributed by atoms with E-state index in [1.165, 1.54) is 19.3 Å². The number of methoxy groups -OCH3 is 1. The van der Waals surface area contributed by atoms with E-state index in [0.717, 1.165) is 62.9 Å². The molecule has 4 heterocycles. The number of para-hydroxylation sites is 2. The van der Waals surface area contributed by atoms with E-state index in [1.54, 1.807) is 13.3 Å². The molecule has 0 unspecified atom stereocenters. The number of rotatable bonds is 7. The standard InChI is InChI=1S/C26H32N6O2/c1-33-23-9-3-4-10-24(23)34-25-17-27-16-22(30-25)20-8-7-13-31(18-20)19-21-11-12-28-26(29-21)32-14-5-2-6-15-32/h3-4,9-12,16-17,20H,2,5-8,13-15,18-19H2,1H3/t20-/m1/s1. The van der Waals surface area contributed by atoms with Gasteiger partial charge in [0.1, 0.15) is 0 Å². The molecule has 5 rings (SSSR count). The predicted octanol–water partition coefficient (Wildman–Crippen LogP) is 4.44. The smallest absolute Gasteiger partial charge is 0.238 e. The maximum atomic E-state index is 5.99. The van der Waals surface area contributed by atoms with Crippen LogP contribution in [0.3, 0.4) is 0 Å². The first kappa shape index (κ1) is 22.5. The topological polar surface area (TPSA) is 76.5 Å². The third-order valence-corrected chi connectivity index (χ3v) is 6.56. The van der Waals surface area contributed by atoms with Gasteiger partial charge in [-0.1, -0.05) is 12.1 Å². The van der Waals surface area contributed by atoms with Crippen LogP contribution in [-0.4, -0.2) is 58.1 Å². The van der Waals surface area contributed by atoms with Gasteiger partial charge in [0, 0.05) is 44.5 Å². The summed E-state index contributed by atoms with van der Waals surface area (Å²) in [6, 6.07) is 9.61. The zero-order chi connectivity index (χ0) is 23.2. The molecule has 2 fully saturated rings. The molecule has 8 heteroatoms. The third kappa shape index (κ3) is 5.44. The number of aromatic nitrogens is 4. The average Bonchev–Trinajstić information content (AvgIpc) is 2.90. The Hall–Kier alpha value is -3.26. The minimum atomic E-state index is 0.311. The second-order valence-corrected chi connectivity index (χ2v) is 9.01. The Morgan fingerprint density at radius 3 is 2.65 bits per heavy atom. The number of likely N-dealkylation sites (tertiary alicyclic amines) is 1. The number of nitrogens with zero attached hydrogens (tertiary/aromatic N) is 6. The molecule has 0 spiro atoms.